The van der Waals surface area contributed by atoms with Crippen LogP contribution in [0.3, 0.4) is 0 Å². The van der Waals surface area contributed by atoms with Gasteiger partial charge in [-0.15, -0.1) is 0 Å². The first-order valence-electron chi connectivity index (χ1n) is 5.35. The molecule has 0 fully saturated rings. The van der Waals surface area contributed by atoms with E-state index < -0.39 is 0 Å². The van der Waals surface area contributed by atoms with Crippen LogP contribution >= 0.6 is 15.9 Å². The van der Waals surface area contributed by atoms with Crippen molar-refractivity contribution in [3.05, 3.63) is 34.1 Å². The molecule has 16 heavy (non-hydrogen) atoms. The highest BCUT2D eigenvalue weighted by molar-refractivity contribution is 9.10. The zero-order valence-electron chi connectivity index (χ0n) is 9.54. The van der Waals surface area contributed by atoms with Gasteiger partial charge in [-0.2, -0.15) is 0 Å². The second-order valence-electron chi connectivity index (χ2n) is 3.76. The van der Waals surface area contributed by atoms with Crippen molar-refractivity contribution in [1.29, 1.82) is 0 Å². The molecule has 0 spiro atoms. The number of ether oxygens (including phenoxy) is 1. The minimum absolute atomic E-state index is 0.0663. The van der Waals surface area contributed by atoms with E-state index in [2.05, 4.69) is 15.9 Å². The van der Waals surface area contributed by atoms with E-state index in [4.69, 9.17) is 10.5 Å². The molecule has 0 radical (unpaired) electrons. The fourth-order valence-electron chi connectivity index (χ4n) is 1.51. The standard InChI is InChI=1S/C12H17BrFNO/c1-3-16-8(2)12(15)7-9-6-10(13)4-5-11(9)14/h4-6,8,12H,3,7,15H2,1-2H3. The van der Waals surface area contributed by atoms with E-state index in [1.807, 2.05) is 13.8 Å². The van der Waals surface area contributed by atoms with Gasteiger partial charge < -0.3 is 10.5 Å². The Morgan fingerprint density at radius 1 is 1.50 bits per heavy atom. The fraction of sp³-hybridized carbons (Fsp3) is 0.500. The molecule has 90 valence electrons. The molecule has 2 nitrogen and oxygen atoms in total. The van der Waals surface area contributed by atoms with Crippen LogP contribution in [0.25, 0.3) is 0 Å². The lowest BCUT2D eigenvalue weighted by Crippen LogP contribution is -2.36. The molecule has 0 saturated heterocycles. The first-order chi connectivity index (χ1) is 7.54. The summed E-state index contributed by atoms with van der Waals surface area (Å²) in [4.78, 5) is 0. The number of hydrogen-bond acceptors (Lipinski definition) is 2. The summed E-state index contributed by atoms with van der Waals surface area (Å²) >= 11 is 3.32. The van der Waals surface area contributed by atoms with Crippen LogP contribution in [0.2, 0.25) is 0 Å². The zero-order chi connectivity index (χ0) is 12.1. The molecule has 1 aromatic carbocycles. The maximum absolute atomic E-state index is 13.5. The quantitative estimate of drug-likeness (QED) is 0.905. The third-order valence-electron chi connectivity index (χ3n) is 2.50. The summed E-state index contributed by atoms with van der Waals surface area (Å²) in [5.74, 6) is -0.220. The Balaban J connectivity index is 2.68. The zero-order valence-corrected chi connectivity index (χ0v) is 11.1. The summed E-state index contributed by atoms with van der Waals surface area (Å²) in [5.41, 5.74) is 6.57. The number of nitrogens with two attached hydrogens (primary N) is 1. The SMILES string of the molecule is CCOC(C)C(N)Cc1cc(Br)ccc1F. The predicted octanol–water partition coefficient (Wildman–Crippen LogP) is 2.88. The first-order valence-corrected chi connectivity index (χ1v) is 6.15. The molecule has 0 heterocycles. The van der Waals surface area contributed by atoms with Gasteiger partial charge >= 0.3 is 0 Å². The maximum Gasteiger partial charge on any atom is 0.126 e. The molecular formula is C12H17BrFNO. The van der Waals surface area contributed by atoms with Crippen molar-refractivity contribution in [2.24, 2.45) is 5.73 Å². The van der Waals surface area contributed by atoms with Gasteiger partial charge in [0.1, 0.15) is 5.82 Å². The van der Waals surface area contributed by atoms with Gasteiger partial charge in [-0.25, -0.2) is 4.39 Å². The van der Waals surface area contributed by atoms with Gasteiger partial charge in [-0.1, -0.05) is 15.9 Å². The first kappa shape index (κ1) is 13.6. The predicted molar refractivity (Wildman–Crippen MR) is 66.9 cm³/mol. The van der Waals surface area contributed by atoms with E-state index in [1.54, 1.807) is 12.1 Å². The fourth-order valence-corrected chi connectivity index (χ4v) is 1.91. The normalized spacial score (nSPS) is 14.8. The lowest BCUT2D eigenvalue weighted by Gasteiger charge is -2.20. The minimum Gasteiger partial charge on any atom is -0.377 e. The molecule has 0 aliphatic carbocycles. The van der Waals surface area contributed by atoms with E-state index >= 15 is 0 Å². The highest BCUT2D eigenvalue weighted by atomic mass is 79.9. The van der Waals surface area contributed by atoms with Crippen molar-refractivity contribution in [2.45, 2.75) is 32.4 Å². The van der Waals surface area contributed by atoms with Crippen LogP contribution in [0.4, 0.5) is 4.39 Å². The van der Waals surface area contributed by atoms with Crippen molar-refractivity contribution >= 4 is 15.9 Å². The highest BCUT2D eigenvalue weighted by Crippen LogP contribution is 2.17. The Morgan fingerprint density at radius 3 is 2.81 bits per heavy atom. The van der Waals surface area contributed by atoms with Crippen LogP contribution in [0.15, 0.2) is 22.7 Å². The number of benzene rings is 1. The third-order valence-corrected chi connectivity index (χ3v) is 2.99. The monoisotopic (exact) mass is 289 g/mol. The lowest BCUT2D eigenvalue weighted by molar-refractivity contribution is 0.0575. The molecule has 0 amide bonds. The summed E-state index contributed by atoms with van der Waals surface area (Å²) in [5, 5.41) is 0. The van der Waals surface area contributed by atoms with E-state index in [0.29, 0.717) is 18.6 Å². The Labute approximate surface area is 104 Å². The van der Waals surface area contributed by atoms with Crippen molar-refractivity contribution in [3.8, 4) is 0 Å². The Morgan fingerprint density at radius 2 is 2.19 bits per heavy atom. The van der Waals surface area contributed by atoms with Crippen LogP contribution < -0.4 is 5.73 Å². The Kier molecular flexibility index (Phi) is 5.38. The van der Waals surface area contributed by atoms with Crippen LogP contribution in [0, 0.1) is 5.82 Å². The van der Waals surface area contributed by atoms with Gasteiger partial charge in [0, 0.05) is 17.1 Å². The van der Waals surface area contributed by atoms with Crippen LogP contribution in [-0.4, -0.2) is 18.8 Å². The molecule has 0 aliphatic rings. The van der Waals surface area contributed by atoms with Crippen LogP contribution in [0.5, 0.6) is 0 Å². The van der Waals surface area contributed by atoms with Gasteiger partial charge in [0.05, 0.1) is 6.10 Å². The summed E-state index contributed by atoms with van der Waals surface area (Å²) in [6.07, 6.45) is 0.412. The number of halogens is 2. The molecule has 4 heteroatoms. The van der Waals surface area contributed by atoms with Gasteiger partial charge in [-0.05, 0) is 44.0 Å². The Bertz CT molecular complexity index is 346. The molecule has 2 N–H and O–H groups in total. The van der Waals surface area contributed by atoms with Crippen LogP contribution in [0.1, 0.15) is 19.4 Å². The van der Waals surface area contributed by atoms with Crippen molar-refractivity contribution in [1.82, 2.24) is 0 Å². The number of hydrogen-bond donors (Lipinski definition) is 1. The molecule has 2 atom stereocenters. The average molecular weight is 290 g/mol. The third kappa shape index (κ3) is 3.85. The van der Waals surface area contributed by atoms with Crippen molar-refractivity contribution in [3.63, 3.8) is 0 Å². The lowest BCUT2D eigenvalue weighted by atomic mass is 10.0. The van der Waals surface area contributed by atoms with Gasteiger partial charge in [-0.3, -0.25) is 0 Å². The van der Waals surface area contributed by atoms with Gasteiger partial charge in [0.2, 0.25) is 0 Å². The van der Waals surface area contributed by atoms with Crippen LogP contribution in [-0.2, 0) is 11.2 Å². The van der Waals surface area contributed by atoms with Crippen molar-refractivity contribution in [2.75, 3.05) is 6.61 Å². The molecule has 0 saturated carbocycles. The minimum atomic E-state index is -0.220. The summed E-state index contributed by atoms with van der Waals surface area (Å²) in [6.45, 7) is 4.45. The van der Waals surface area contributed by atoms with E-state index in [1.165, 1.54) is 6.07 Å². The largest absolute Gasteiger partial charge is 0.377 e. The molecule has 1 rings (SSSR count). The summed E-state index contributed by atoms with van der Waals surface area (Å²) < 4.78 is 19.7. The van der Waals surface area contributed by atoms with E-state index in [-0.39, 0.29) is 18.0 Å². The smallest absolute Gasteiger partial charge is 0.126 e. The second-order valence-corrected chi connectivity index (χ2v) is 4.68. The molecule has 2 unspecified atom stereocenters. The number of rotatable bonds is 5. The topological polar surface area (TPSA) is 35.2 Å². The highest BCUT2D eigenvalue weighted by Gasteiger charge is 2.15. The van der Waals surface area contributed by atoms with E-state index in [9.17, 15) is 4.39 Å². The molecule has 0 aromatic heterocycles. The van der Waals surface area contributed by atoms with Gasteiger partial charge in [0.25, 0.3) is 0 Å². The van der Waals surface area contributed by atoms with Crippen molar-refractivity contribution < 1.29 is 9.13 Å². The molecule has 0 aliphatic heterocycles. The molecule has 0 bridgehead atoms. The van der Waals surface area contributed by atoms with E-state index in [0.717, 1.165) is 4.47 Å². The second kappa shape index (κ2) is 6.33. The summed E-state index contributed by atoms with van der Waals surface area (Å²) in [7, 11) is 0. The average Bonchev–Trinajstić information content (AvgIpc) is 2.23. The molecule has 1 aromatic rings. The maximum atomic E-state index is 13.5. The van der Waals surface area contributed by atoms with Gasteiger partial charge in [0.15, 0.2) is 0 Å². The summed E-state index contributed by atoms with van der Waals surface area (Å²) in [6, 6.07) is 4.69. The molecular weight excluding hydrogens is 273 g/mol. The Hall–Kier alpha value is -0.450.